The molecule has 1 aliphatic rings. The summed E-state index contributed by atoms with van der Waals surface area (Å²) >= 11 is 0. The second-order valence-corrected chi connectivity index (χ2v) is 3.97. The van der Waals surface area contributed by atoms with Crippen molar-refractivity contribution in [1.29, 1.82) is 0 Å². The fourth-order valence-corrected chi connectivity index (χ4v) is 1.82. The van der Waals surface area contributed by atoms with Gasteiger partial charge in [0.2, 0.25) is 11.8 Å². The van der Waals surface area contributed by atoms with E-state index in [1.54, 1.807) is 12.2 Å². The normalized spacial score (nSPS) is 25.3. The number of barbiturate groups is 1. The Balaban J connectivity index is 3.16. The van der Waals surface area contributed by atoms with Gasteiger partial charge in [0.05, 0.1) is 0 Å². The molecule has 5 nitrogen and oxygen atoms in total. The lowest BCUT2D eigenvalue weighted by Gasteiger charge is -2.36. The highest BCUT2D eigenvalue weighted by molar-refractivity contribution is 6.19. The first-order valence-electron chi connectivity index (χ1n) is 5.35. The molecule has 0 bridgehead atoms. The number of rotatable bonds is 4. The summed E-state index contributed by atoms with van der Waals surface area (Å²) in [6.07, 6.45) is 5.49. The summed E-state index contributed by atoms with van der Waals surface area (Å²) in [5, 5.41) is 2.19. The van der Waals surface area contributed by atoms with Crippen LogP contribution < -0.4 is 5.32 Å². The second kappa shape index (κ2) is 4.95. The van der Waals surface area contributed by atoms with E-state index in [-0.39, 0.29) is 12.8 Å². The monoisotopic (exact) mass is 236 g/mol. The summed E-state index contributed by atoms with van der Waals surface area (Å²) in [5.41, 5.74) is -1.24. The molecule has 1 aliphatic heterocycles. The molecule has 92 valence electrons. The van der Waals surface area contributed by atoms with Crippen molar-refractivity contribution < 1.29 is 14.4 Å². The molecule has 1 N–H and O–H groups in total. The van der Waals surface area contributed by atoms with Gasteiger partial charge >= 0.3 is 6.03 Å². The summed E-state index contributed by atoms with van der Waals surface area (Å²) in [6.45, 7) is 5.37. The summed E-state index contributed by atoms with van der Waals surface area (Å²) < 4.78 is 0. The quantitative estimate of drug-likeness (QED) is 0.589. The third kappa shape index (κ3) is 2.13. The van der Waals surface area contributed by atoms with Crippen molar-refractivity contribution in [2.45, 2.75) is 19.8 Å². The van der Waals surface area contributed by atoms with Crippen molar-refractivity contribution in [3.63, 3.8) is 0 Å². The van der Waals surface area contributed by atoms with Crippen LogP contribution in [-0.4, -0.2) is 29.8 Å². The van der Waals surface area contributed by atoms with Gasteiger partial charge < -0.3 is 0 Å². The third-order valence-corrected chi connectivity index (χ3v) is 2.87. The molecule has 1 fully saturated rings. The fraction of sp³-hybridized carbons (Fsp3) is 0.417. The summed E-state index contributed by atoms with van der Waals surface area (Å²) in [4.78, 5) is 36.3. The fourth-order valence-electron chi connectivity index (χ4n) is 1.82. The average Bonchev–Trinajstić information content (AvgIpc) is 2.30. The molecule has 0 aliphatic carbocycles. The van der Waals surface area contributed by atoms with Crippen molar-refractivity contribution in [3.8, 4) is 0 Å². The van der Waals surface area contributed by atoms with E-state index in [0.29, 0.717) is 0 Å². The molecule has 1 rings (SSSR count). The van der Waals surface area contributed by atoms with Crippen LogP contribution in [0.15, 0.2) is 24.8 Å². The van der Waals surface area contributed by atoms with E-state index in [1.165, 1.54) is 13.1 Å². The Hall–Kier alpha value is -1.91. The van der Waals surface area contributed by atoms with Gasteiger partial charge in [0, 0.05) is 7.05 Å². The topological polar surface area (TPSA) is 66.5 Å². The number of allylic oxidation sites excluding steroid dienone is 3. The van der Waals surface area contributed by atoms with E-state index in [4.69, 9.17) is 0 Å². The van der Waals surface area contributed by atoms with Crippen molar-refractivity contribution >= 4 is 17.8 Å². The van der Waals surface area contributed by atoms with Gasteiger partial charge in [-0.1, -0.05) is 18.2 Å². The molecule has 4 amide bonds. The first kappa shape index (κ1) is 13.2. The second-order valence-electron chi connectivity index (χ2n) is 3.97. The van der Waals surface area contributed by atoms with Crippen LogP contribution >= 0.6 is 0 Å². The molecule has 0 radical (unpaired) electrons. The smallest absolute Gasteiger partial charge is 0.277 e. The summed E-state index contributed by atoms with van der Waals surface area (Å²) in [5.74, 6) is -1.03. The Labute approximate surface area is 100 Å². The van der Waals surface area contributed by atoms with Gasteiger partial charge in [-0.15, -0.1) is 6.58 Å². The van der Waals surface area contributed by atoms with Gasteiger partial charge in [-0.2, -0.15) is 0 Å². The molecule has 0 aromatic rings. The van der Waals surface area contributed by atoms with Gasteiger partial charge in [-0.25, -0.2) is 4.79 Å². The standard InChI is InChI=1S/C12H16N2O3/c1-4-6-8-12(7-5-2)9(15)13-11(17)14(3)10(12)16/h4-6H,2,7-8H2,1,3H3,(H,13,15,17)/b6-4+. The van der Waals surface area contributed by atoms with Crippen molar-refractivity contribution in [1.82, 2.24) is 10.2 Å². The first-order valence-corrected chi connectivity index (χ1v) is 5.35. The van der Waals surface area contributed by atoms with E-state index >= 15 is 0 Å². The minimum Gasteiger partial charge on any atom is -0.277 e. The molecule has 0 aromatic heterocycles. The molecule has 1 saturated heterocycles. The van der Waals surface area contributed by atoms with E-state index in [0.717, 1.165) is 4.90 Å². The number of urea groups is 1. The van der Waals surface area contributed by atoms with E-state index < -0.39 is 23.3 Å². The van der Waals surface area contributed by atoms with Crippen molar-refractivity contribution in [2.75, 3.05) is 7.05 Å². The molecule has 17 heavy (non-hydrogen) atoms. The zero-order valence-corrected chi connectivity index (χ0v) is 10.0. The maximum absolute atomic E-state index is 12.1. The highest BCUT2D eigenvalue weighted by atomic mass is 16.2. The Bertz CT molecular complexity index is 401. The number of hydrogen-bond acceptors (Lipinski definition) is 3. The lowest BCUT2D eigenvalue weighted by molar-refractivity contribution is -0.150. The number of carbonyl (C=O) groups is 3. The summed E-state index contributed by atoms with van der Waals surface area (Å²) in [6, 6.07) is -0.680. The Kier molecular flexibility index (Phi) is 3.83. The van der Waals surface area contributed by atoms with Gasteiger partial charge in [-0.05, 0) is 19.8 Å². The molecular formula is C12H16N2O3. The minimum absolute atomic E-state index is 0.208. The minimum atomic E-state index is -1.24. The number of hydrogen-bond donors (Lipinski definition) is 1. The highest BCUT2D eigenvalue weighted by Crippen LogP contribution is 2.33. The van der Waals surface area contributed by atoms with Gasteiger partial charge in [-0.3, -0.25) is 19.8 Å². The van der Waals surface area contributed by atoms with E-state index in [1.807, 2.05) is 6.92 Å². The zero-order valence-electron chi connectivity index (χ0n) is 10.0. The average molecular weight is 236 g/mol. The Morgan fingerprint density at radius 3 is 2.53 bits per heavy atom. The zero-order chi connectivity index (χ0) is 13.1. The lowest BCUT2D eigenvalue weighted by Crippen LogP contribution is -2.62. The maximum atomic E-state index is 12.1. The van der Waals surface area contributed by atoms with Gasteiger partial charge in [0.25, 0.3) is 0 Å². The van der Waals surface area contributed by atoms with Crippen LogP contribution in [-0.2, 0) is 9.59 Å². The predicted octanol–water partition coefficient (Wildman–Crippen LogP) is 1.22. The number of nitrogens with one attached hydrogen (secondary N) is 1. The van der Waals surface area contributed by atoms with Crippen LogP contribution in [0, 0.1) is 5.41 Å². The molecule has 1 atom stereocenters. The van der Waals surface area contributed by atoms with Gasteiger partial charge in [0.1, 0.15) is 5.41 Å². The molecule has 0 saturated carbocycles. The van der Waals surface area contributed by atoms with Crippen molar-refractivity contribution in [2.24, 2.45) is 5.41 Å². The number of nitrogens with zero attached hydrogens (tertiary/aromatic N) is 1. The molecular weight excluding hydrogens is 220 g/mol. The number of imide groups is 2. The van der Waals surface area contributed by atoms with Crippen LogP contribution in [0.2, 0.25) is 0 Å². The molecule has 1 heterocycles. The number of carbonyl (C=O) groups excluding carboxylic acids is 3. The Morgan fingerprint density at radius 1 is 1.35 bits per heavy atom. The predicted molar refractivity (Wildman–Crippen MR) is 63.0 cm³/mol. The van der Waals surface area contributed by atoms with E-state index in [2.05, 4.69) is 11.9 Å². The van der Waals surface area contributed by atoms with E-state index in [9.17, 15) is 14.4 Å². The van der Waals surface area contributed by atoms with Crippen LogP contribution in [0.5, 0.6) is 0 Å². The first-order chi connectivity index (χ1) is 7.99. The molecule has 5 heteroatoms. The van der Waals surface area contributed by atoms with Crippen LogP contribution in [0.4, 0.5) is 4.79 Å². The maximum Gasteiger partial charge on any atom is 0.330 e. The SMILES string of the molecule is C=CCC1(C/C=C/C)C(=O)NC(=O)N(C)C1=O. The lowest BCUT2D eigenvalue weighted by atomic mass is 9.77. The molecule has 1 unspecified atom stereocenters. The number of amides is 4. The van der Waals surface area contributed by atoms with Crippen LogP contribution in [0.3, 0.4) is 0 Å². The largest absolute Gasteiger partial charge is 0.330 e. The third-order valence-electron chi connectivity index (χ3n) is 2.87. The molecule has 0 aromatic carbocycles. The van der Waals surface area contributed by atoms with Gasteiger partial charge in [0.15, 0.2) is 0 Å². The Morgan fingerprint density at radius 2 is 2.00 bits per heavy atom. The molecule has 0 spiro atoms. The highest BCUT2D eigenvalue weighted by Gasteiger charge is 2.51. The van der Waals surface area contributed by atoms with Crippen molar-refractivity contribution in [3.05, 3.63) is 24.8 Å². The summed E-state index contributed by atoms with van der Waals surface area (Å²) in [7, 11) is 1.36. The van der Waals surface area contributed by atoms with Crippen LogP contribution in [0.25, 0.3) is 0 Å². The van der Waals surface area contributed by atoms with Crippen LogP contribution in [0.1, 0.15) is 19.8 Å².